The van der Waals surface area contributed by atoms with E-state index in [2.05, 4.69) is 22.5 Å². The van der Waals surface area contributed by atoms with E-state index in [1.807, 2.05) is 7.05 Å². The third kappa shape index (κ3) is 8.03. The third-order valence-corrected chi connectivity index (χ3v) is 4.67. The lowest BCUT2D eigenvalue weighted by molar-refractivity contribution is 0.0239. The van der Waals surface area contributed by atoms with Crippen LogP contribution in [0.2, 0.25) is 0 Å². The highest BCUT2D eigenvalue weighted by molar-refractivity contribution is 14.0. The molecule has 23 heavy (non-hydrogen) atoms. The lowest BCUT2D eigenvalue weighted by Crippen LogP contribution is -2.45. The first-order chi connectivity index (χ1) is 10.7. The number of rotatable bonds is 7. The molecule has 1 aliphatic heterocycles. The van der Waals surface area contributed by atoms with Gasteiger partial charge in [0.2, 0.25) is 0 Å². The van der Waals surface area contributed by atoms with Crippen LogP contribution >= 0.6 is 24.0 Å². The van der Waals surface area contributed by atoms with E-state index in [1.165, 1.54) is 32.1 Å². The van der Waals surface area contributed by atoms with Gasteiger partial charge < -0.3 is 20.1 Å². The zero-order valence-electron chi connectivity index (χ0n) is 14.7. The van der Waals surface area contributed by atoms with Crippen LogP contribution in [0, 0.1) is 0 Å². The van der Waals surface area contributed by atoms with Crippen LogP contribution in [0.3, 0.4) is 0 Å². The Morgan fingerprint density at radius 3 is 2.65 bits per heavy atom. The number of ether oxygens (including phenoxy) is 2. The summed E-state index contributed by atoms with van der Waals surface area (Å²) in [5.41, 5.74) is -0.0400. The van der Waals surface area contributed by atoms with Crippen molar-refractivity contribution >= 4 is 29.9 Å². The van der Waals surface area contributed by atoms with Crippen LogP contribution in [0.5, 0.6) is 0 Å². The molecule has 1 saturated carbocycles. The van der Waals surface area contributed by atoms with E-state index in [-0.39, 0.29) is 29.6 Å². The molecule has 0 radical (unpaired) electrons. The first-order valence-corrected chi connectivity index (χ1v) is 8.92. The van der Waals surface area contributed by atoms with Gasteiger partial charge in [-0.25, -0.2) is 0 Å². The Labute approximate surface area is 158 Å². The average molecular weight is 439 g/mol. The van der Waals surface area contributed by atoms with Gasteiger partial charge in [0.05, 0.1) is 11.7 Å². The molecule has 1 saturated heterocycles. The van der Waals surface area contributed by atoms with Crippen LogP contribution in [-0.4, -0.2) is 51.0 Å². The standard InChI is InChI=1S/C17H33N3O2.HI/c1-17(10-6-13-22-17)14-20-16(18-2)19-11-7-12-21-15-8-4-3-5-9-15;/h15H,3-14H2,1-2H3,(H2,18,19,20);1H. The van der Waals surface area contributed by atoms with Crippen LogP contribution in [0.25, 0.3) is 0 Å². The minimum absolute atomic E-state index is 0. The molecule has 1 aliphatic carbocycles. The fourth-order valence-corrected chi connectivity index (χ4v) is 3.23. The van der Waals surface area contributed by atoms with Crippen molar-refractivity contribution in [2.24, 2.45) is 4.99 Å². The molecule has 0 spiro atoms. The number of nitrogens with zero attached hydrogens (tertiary/aromatic N) is 1. The molecule has 1 unspecified atom stereocenters. The monoisotopic (exact) mass is 439 g/mol. The maximum Gasteiger partial charge on any atom is 0.191 e. The molecule has 1 heterocycles. The van der Waals surface area contributed by atoms with Crippen molar-refractivity contribution < 1.29 is 9.47 Å². The summed E-state index contributed by atoms with van der Waals surface area (Å²) >= 11 is 0. The fourth-order valence-electron chi connectivity index (χ4n) is 3.23. The van der Waals surface area contributed by atoms with E-state index in [9.17, 15) is 0 Å². The quantitative estimate of drug-likeness (QED) is 0.277. The number of nitrogens with one attached hydrogen (secondary N) is 2. The van der Waals surface area contributed by atoms with E-state index >= 15 is 0 Å². The summed E-state index contributed by atoms with van der Waals surface area (Å²) in [5.74, 6) is 0.856. The van der Waals surface area contributed by atoms with Gasteiger partial charge in [-0.2, -0.15) is 0 Å². The second kappa shape index (κ2) is 11.5. The molecule has 0 aromatic rings. The van der Waals surface area contributed by atoms with E-state index in [0.717, 1.165) is 51.5 Å². The average Bonchev–Trinajstić information content (AvgIpc) is 2.98. The summed E-state index contributed by atoms with van der Waals surface area (Å²) < 4.78 is 11.7. The van der Waals surface area contributed by atoms with Gasteiger partial charge >= 0.3 is 0 Å². The Hall–Kier alpha value is -0.0800. The molecule has 5 nitrogen and oxygen atoms in total. The van der Waals surface area contributed by atoms with Gasteiger partial charge in [-0.15, -0.1) is 24.0 Å². The topological polar surface area (TPSA) is 54.9 Å². The van der Waals surface area contributed by atoms with E-state index in [1.54, 1.807) is 0 Å². The van der Waals surface area contributed by atoms with Crippen LogP contribution in [0.4, 0.5) is 0 Å². The van der Waals surface area contributed by atoms with Gasteiger partial charge in [-0.05, 0) is 39.0 Å². The first kappa shape index (κ1) is 21.0. The van der Waals surface area contributed by atoms with E-state index in [0.29, 0.717) is 6.10 Å². The van der Waals surface area contributed by atoms with Crippen molar-refractivity contribution in [2.75, 3.05) is 33.4 Å². The predicted octanol–water partition coefficient (Wildman–Crippen LogP) is 3.08. The summed E-state index contributed by atoms with van der Waals surface area (Å²) in [4.78, 5) is 4.27. The second-order valence-corrected chi connectivity index (χ2v) is 6.74. The second-order valence-electron chi connectivity index (χ2n) is 6.74. The Morgan fingerprint density at radius 1 is 1.22 bits per heavy atom. The summed E-state index contributed by atoms with van der Waals surface area (Å²) in [6, 6.07) is 0. The number of hydrogen-bond donors (Lipinski definition) is 2. The molecule has 2 rings (SSSR count). The van der Waals surface area contributed by atoms with Crippen LogP contribution < -0.4 is 10.6 Å². The van der Waals surface area contributed by atoms with Gasteiger partial charge in [0.1, 0.15) is 0 Å². The number of guanidine groups is 1. The Morgan fingerprint density at radius 2 is 2.00 bits per heavy atom. The Bertz CT molecular complexity index is 341. The summed E-state index contributed by atoms with van der Waals surface area (Å²) in [6.07, 6.45) is 10.3. The minimum Gasteiger partial charge on any atom is -0.378 e. The van der Waals surface area contributed by atoms with Crippen molar-refractivity contribution in [1.29, 1.82) is 0 Å². The van der Waals surface area contributed by atoms with Crippen LogP contribution in [-0.2, 0) is 9.47 Å². The summed E-state index contributed by atoms with van der Waals surface area (Å²) in [6.45, 7) is 5.59. The van der Waals surface area contributed by atoms with Gasteiger partial charge in [0.15, 0.2) is 5.96 Å². The Kier molecular flexibility index (Phi) is 10.5. The lowest BCUT2D eigenvalue weighted by Gasteiger charge is -2.25. The zero-order chi connectivity index (χ0) is 15.7. The van der Waals surface area contributed by atoms with Crippen molar-refractivity contribution in [1.82, 2.24) is 10.6 Å². The SMILES string of the molecule is CN=C(NCCCOC1CCCCC1)NCC1(C)CCCO1.I. The predicted molar refractivity (Wildman–Crippen MR) is 106 cm³/mol. The zero-order valence-corrected chi connectivity index (χ0v) is 17.1. The molecule has 2 aliphatic rings. The van der Waals surface area contributed by atoms with Crippen molar-refractivity contribution in [2.45, 2.75) is 70.0 Å². The lowest BCUT2D eigenvalue weighted by atomic mass is 9.98. The summed E-state index contributed by atoms with van der Waals surface area (Å²) in [7, 11) is 1.81. The van der Waals surface area contributed by atoms with E-state index in [4.69, 9.17) is 9.47 Å². The van der Waals surface area contributed by atoms with E-state index < -0.39 is 0 Å². The molecule has 6 heteroatoms. The molecule has 2 fully saturated rings. The third-order valence-electron chi connectivity index (χ3n) is 4.67. The van der Waals surface area contributed by atoms with Gasteiger partial charge in [-0.3, -0.25) is 4.99 Å². The van der Waals surface area contributed by atoms with Gasteiger partial charge in [0, 0.05) is 33.4 Å². The van der Waals surface area contributed by atoms with Crippen LogP contribution in [0.1, 0.15) is 58.3 Å². The molecule has 136 valence electrons. The van der Waals surface area contributed by atoms with Gasteiger partial charge in [-0.1, -0.05) is 19.3 Å². The molecule has 0 bridgehead atoms. The smallest absolute Gasteiger partial charge is 0.191 e. The molecule has 0 amide bonds. The van der Waals surface area contributed by atoms with Crippen LogP contribution in [0.15, 0.2) is 4.99 Å². The first-order valence-electron chi connectivity index (χ1n) is 8.92. The maximum absolute atomic E-state index is 5.94. The molecule has 0 aromatic heterocycles. The summed E-state index contributed by atoms with van der Waals surface area (Å²) in [5, 5.41) is 6.72. The highest BCUT2D eigenvalue weighted by Gasteiger charge is 2.29. The normalized spacial score (nSPS) is 25.9. The maximum atomic E-state index is 5.94. The molecular weight excluding hydrogens is 405 g/mol. The minimum atomic E-state index is -0.0400. The largest absolute Gasteiger partial charge is 0.378 e. The number of halogens is 1. The molecule has 2 N–H and O–H groups in total. The molecule has 0 aromatic carbocycles. The Balaban J connectivity index is 0.00000264. The van der Waals surface area contributed by atoms with Gasteiger partial charge in [0.25, 0.3) is 0 Å². The molecular formula is C17H34IN3O2. The highest BCUT2D eigenvalue weighted by Crippen LogP contribution is 2.23. The van der Waals surface area contributed by atoms with Crippen molar-refractivity contribution in [3.8, 4) is 0 Å². The van der Waals surface area contributed by atoms with Crippen molar-refractivity contribution in [3.05, 3.63) is 0 Å². The highest BCUT2D eigenvalue weighted by atomic mass is 127. The van der Waals surface area contributed by atoms with Crippen molar-refractivity contribution in [3.63, 3.8) is 0 Å². The fraction of sp³-hybridized carbons (Fsp3) is 0.941. The molecule has 1 atom stereocenters. The number of aliphatic imine (C=N–C) groups is 1. The number of hydrogen-bond acceptors (Lipinski definition) is 3.